The van der Waals surface area contributed by atoms with Gasteiger partial charge >= 0.3 is 0 Å². The Kier molecular flexibility index (Phi) is 11.2. The van der Waals surface area contributed by atoms with Gasteiger partial charge < -0.3 is 5.32 Å². The summed E-state index contributed by atoms with van der Waals surface area (Å²) in [5.41, 5.74) is 2.63. The second-order valence-electron chi connectivity index (χ2n) is 4.62. The Bertz CT molecular complexity index is 192. The molecule has 17 heavy (non-hydrogen) atoms. The van der Waals surface area contributed by atoms with E-state index in [1.807, 2.05) is 0 Å². The Hall–Kier alpha value is -0.770. The SMILES string of the molecule is CCCCCCC(C)NC(=NCCCC)NN. The van der Waals surface area contributed by atoms with Crippen LogP contribution < -0.4 is 16.6 Å². The molecule has 0 bridgehead atoms. The maximum Gasteiger partial charge on any atom is 0.205 e. The summed E-state index contributed by atoms with van der Waals surface area (Å²) in [4.78, 5) is 4.39. The summed E-state index contributed by atoms with van der Waals surface area (Å²) in [5, 5.41) is 3.32. The van der Waals surface area contributed by atoms with Crippen LogP contribution in [0.2, 0.25) is 0 Å². The Labute approximate surface area is 106 Å². The van der Waals surface area contributed by atoms with E-state index in [2.05, 4.69) is 36.5 Å². The fraction of sp³-hybridized carbons (Fsp3) is 0.923. The molecular weight excluding hydrogens is 212 g/mol. The highest BCUT2D eigenvalue weighted by atomic mass is 15.3. The van der Waals surface area contributed by atoms with Crippen LogP contribution in [0.4, 0.5) is 0 Å². The summed E-state index contributed by atoms with van der Waals surface area (Å²) in [7, 11) is 0. The zero-order valence-corrected chi connectivity index (χ0v) is 11.8. The van der Waals surface area contributed by atoms with E-state index in [1.54, 1.807) is 0 Å². The minimum absolute atomic E-state index is 0.434. The molecule has 0 aliphatic carbocycles. The molecule has 0 amide bonds. The van der Waals surface area contributed by atoms with Crippen LogP contribution in [-0.4, -0.2) is 18.5 Å². The molecule has 0 aromatic rings. The molecule has 0 heterocycles. The normalized spacial score (nSPS) is 13.5. The molecule has 0 aliphatic heterocycles. The number of hydrogen-bond donors (Lipinski definition) is 3. The van der Waals surface area contributed by atoms with Gasteiger partial charge in [0.15, 0.2) is 0 Å². The molecule has 4 heteroatoms. The summed E-state index contributed by atoms with van der Waals surface area (Å²) in [6.45, 7) is 7.41. The maximum atomic E-state index is 5.44. The van der Waals surface area contributed by atoms with E-state index in [1.165, 1.54) is 32.1 Å². The topological polar surface area (TPSA) is 62.4 Å². The Morgan fingerprint density at radius 3 is 2.41 bits per heavy atom. The van der Waals surface area contributed by atoms with Crippen LogP contribution in [0.5, 0.6) is 0 Å². The number of unbranched alkanes of at least 4 members (excludes halogenated alkanes) is 4. The molecule has 0 aromatic heterocycles. The van der Waals surface area contributed by atoms with Crippen molar-refractivity contribution in [2.45, 2.75) is 71.8 Å². The summed E-state index contributed by atoms with van der Waals surface area (Å²) in [6, 6.07) is 0.434. The van der Waals surface area contributed by atoms with Crippen molar-refractivity contribution < 1.29 is 0 Å². The Morgan fingerprint density at radius 1 is 1.12 bits per heavy atom. The maximum absolute atomic E-state index is 5.44. The van der Waals surface area contributed by atoms with Gasteiger partial charge in [0, 0.05) is 12.6 Å². The molecule has 0 saturated heterocycles. The lowest BCUT2D eigenvalue weighted by Crippen LogP contribution is -2.45. The fourth-order valence-electron chi connectivity index (χ4n) is 1.66. The molecule has 4 N–H and O–H groups in total. The van der Waals surface area contributed by atoms with E-state index < -0.39 is 0 Å². The van der Waals surface area contributed by atoms with Gasteiger partial charge in [-0.15, -0.1) is 0 Å². The average molecular weight is 242 g/mol. The van der Waals surface area contributed by atoms with Crippen molar-refractivity contribution in [3.8, 4) is 0 Å². The van der Waals surface area contributed by atoms with Crippen LogP contribution in [0.15, 0.2) is 4.99 Å². The number of nitrogens with one attached hydrogen (secondary N) is 2. The van der Waals surface area contributed by atoms with Crippen molar-refractivity contribution in [1.82, 2.24) is 10.7 Å². The fourth-order valence-corrected chi connectivity index (χ4v) is 1.66. The monoisotopic (exact) mass is 242 g/mol. The largest absolute Gasteiger partial charge is 0.353 e. The van der Waals surface area contributed by atoms with Crippen molar-refractivity contribution in [2.75, 3.05) is 6.54 Å². The number of hydrogen-bond acceptors (Lipinski definition) is 2. The molecule has 0 rings (SSSR count). The van der Waals surface area contributed by atoms with Crippen LogP contribution in [0.3, 0.4) is 0 Å². The number of hydrazine groups is 1. The van der Waals surface area contributed by atoms with Gasteiger partial charge in [-0.2, -0.15) is 0 Å². The molecule has 102 valence electrons. The third-order valence-corrected chi connectivity index (χ3v) is 2.79. The number of nitrogens with two attached hydrogens (primary N) is 1. The van der Waals surface area contributed by atoms with Gasteiger partial charge in [-0.25, -0.2) is 5.84 Å². The number of aliphatic imine (C=N–C) groups is 1. The minimum Gasteiger partial charge on any atom is -0.353 e. The van der Waals surface area contributed by atoms with Gasteiger partial charge in [-0.05, 0) is 19.8 Å². The standard InChI is InChI=1S/C13H30N4/c1-4-6-8-9-10-12(3)16-13(17-14)15-11-7-5-2/h12H,4-11,14H2,1-3H3,(H2,15,16,17). The second kappa shape index (κ2) is 11.7. The van der Waals surface area contributed by atoms with E-state index in [0.29, 0.717) is 6.04 Å². The van der Waals surface area contributed by atoms with E-state index >= 15 is 0 Å². The first-order valence-electron chi connectivity index (χ1n) is 7.02. The third kappa shape index (κ3) is 10.1. The highest BCUT2D eigenvalue weighted by molar-refractivity contribution is 5.79. The first kappa shape index (κ1) is 16.2. The lowest BCUT2D eigenvalue weighted by molar-refractivity contribution is 0.537. The molecular formula is C13H30N4. The van der Waals surface area contributed by atoms with Crippen molar-refractivity contribution in [2.24, 2.45) is 10.8 Å². The predicted octanol–water partition coefficient (Wildman–Crippen LogP) is 2.55. The summed E-state index contributed by atoms with van der Waals surface area (Å²) < 4.78 is 0. The van der Waals surface area contributed by atoms with Crippen molar-refractivity contribution in [3.05, 3.63) is 0 Å². The van der Waals surface area contributed by atoms with Crippen LogP contribution >= 0.6 is 0 Å². The predicted molar refractivity (Wildman–Crippen MR) is 75.9 cm³/mol. The first-order valence-corrected chi connectivity index (χ1v) is 7.02. The lowest BCUT2D eigenvalue weighted by Gasteiger charge is -2.16. The van der Waals surface area contributed by atoms with Gasteiger partial charge in [-0.1, -0.05) is 46.0 Å². The van der Waals surface area contributed by atoms with Crippen LogP contribution in [-0.2, 0) is 0 Å². The molecule has 0 radical (unpaired) electrons. The number of nitrogens with zero attached hydrogens (tertiary/aromatic N) is 1. The smallest absolute Gasteiger partial charge is 0.205 e. The van der Waals surface area contributed by atoms with E-state index in [4.69, 9.17) is 5.84 Å². The summed E-state index contributed by atoms with van der Waals surface area (Å²) in [6.07, 6.45) is 8.66. The van der Waals surface area contributed by atoms with E-state index in [0.717, 1.165) is 25.3 Å². The van der Waals surface area contributed by atoms with Gasteiger partial charge in [0.25, 0.3) is 0 Å². The van der Waals surface area contributed by atoms with Crippen molar-refractivity contribution >= 4 is 5.96 Å². The van der Waals surface area contributed by atoms with Crippen LogP contribution in [0, 0.1) is 0 Å². The zero-order chi connectivity index (χ0) is 12.9. The Morgan fingerprint density at radius 2 is 1.82 bits per heavy atom. The summed E-state index contributed by atoms with van der Waals surface area (Å²) >= 11 is 0. The average Bonchev–Trinajstić information content (AvgIpc) is 2.33. The van der Waals surface area contributed by atoms with E-state index in [-0.39, 0.29) is 0 Å². The third-order valence-electron chi connectivity index (χ3n) is 2.79. The van der Waals surface area contributed by atoms with Crippen molar-refractivity contribution in [3.63, 3.8) is 0 Å². The number of rotatable bonds is 9. The zero-order valence-electron chi connectivity index (χ0n) is 11.8. The molecule has 1 atom stereocenters. The van der Waals surface area contributed by atoms with Gasteiger partial charge in [-0.3, -0.25) is 10.4 Å². The quantitative estimate of drug-likeness (QED) is 0.191. The molecule has 0 aliphatic rings. The first-order chi connectivity index (χ1) is 8.24. The van der Waals surface area contributed by atoms with Crippen LogP contribution in [0.25, 0.3) is 0 Å². The molecule has 0 fully saturated rings. The molecule has 0 aromatic carbocycles. The highest BCUT2D eigenvalue weighted by Crippen LogP contribution is 2.05. The second-order valence-corrected chi connectivity index (χ2v) is 4.62. The summed E-state index contributed by atoms with van der Waals surface area (Å²) in [5.74, 6) is 6.16. The van der Waals surface area contributed by atoms with Crippen LogP contribution in [0.1, 0.15) is 65.7 Å². The molecule has 0 saturated carbocycles. The van der Waals surface area contributed by atoms with Gasteiger partial charge in [0.1, 0.15) is 0 Å². The van der Waals surface area contributed by atoms with E-state index in [9.17, 15) is 0 Å². The van der Waals surface area contributed by atoms with Gasteiger partial charge in [0.05, 0.1) is 0 Å². The molecule has 4 nitrogen and oxygen atoms in total. The van der Waals surface area contributed by atoms with Crippen molar-refractivity contribution in [1.29, 1.82) is 0 Å². The molecule has 1 unspecified atom stereocenters. The minimum atomic E-state index is 0.434. The molecule has 0 spiro atoms. The number of guanidine groups is 1. The highest BCUT2D eigenvalue weighted by Gasteiger charge is 2.03. The lowest BCUT2D eigenvalue weighted by atomic mass is 10.1. The van der Waals surface area contributed by atoms with Gasteiger partial charge in [0.2, 0.25) is 5.96 Å². The Balaban J connectivity index is 3.73.